The largest absolute Gasteiger partial charge is 0.361 e. The van der Waals surface area contributed by atoms with Gasteiger partial charge >= 0.3 is 0 Å². The zero-order chi connectivity index (χ0) is 14.9. The van der Waals surface area contributed by atoms with Crippen LogP contribution in [0.4, 0.5) is 5.95 Å². The summed E-state index contributed by atoms with van der Waals surface area (Å²) in [6, 6.07) is 9.72. The second kappa shape index (κ2) is 5.14. The van der Waals surface area contributed by atoms with E-state index in [2.05, 4.69) is 20.3 Å². The Morgan fingerprint density at radius 1 is 1.23 bits per heavy atom. The molecule has 0 saturated carbocycles. The average molecular weight is 293 g/mol. The fraction of sp³-hybridized carbons (Fsp3) is 0.188. The number of benzene rings is 1. The van der Waals surface area contributed by atoms with E-state index in [-0.39, 0.29) is 11.9 Å². The number of hydrogen-bond acceptors (Lipinski definition) is 4. The van der Waals surface area contributed by atoms with E-state index in [1.807, 2.05) is 35.4 Å². The molecule has 110 valence electrons. The molecular weight excluding hydrogens is 278 g/mol. The van der Waals surface area contributed by atoms with E-state index < -0.39 is 0 Å². The van der Waals surface area contributed by atoms with E-state index in [0.29, 0.717) is 24.6 Å². The first-order valence-corrected chi connectivity index (χ1v) is 7.19. The smallest absolute Gasteiger partial charge is 0.254 e. The highest BCUT2D eigenvalue weighted by atomic mass is 16.2. The van der Waals surface area contributed by atoms with Crippen molar-refractivity contribution in [3.63, 3.8) is 0 Å². The molecule has 0 aliphatic carbocycles. The van der Waals surface area contributed by atoms with E-state index in [1.54, 1.807) is 18.5 Å². The van der Waals surface area contributed by atoms with Crippen molar-refractivity contribution < 1.29 is 4.79 Å². The summed E-state index contributed by atoms with van der Waals surface area (Å²) in [5, 5.41) is 4.33. The lowest BCUT2D eigenvalue weighted by Gasteiger charge is -2.39. The first-order chi connectivity index (χ1) is 10.8. The van der Waals surface area contributed by atoms with Gasteiger partial charge in [-0.3, -0.25) is 4.79 Å². The van der Waals surface area contributed by atoms with Crippen LogP contribution in [0.25, 0.3) is 10.9 Å². The second-order valence-corrected chi connectivity index (χ2v) is 5.40. The van der Waals surface area contributed by atoms with Crippen LogP contribution in [-0.2, 0) is 0 Å². The summed E-state index contributed by atoms with van der Waals surface area (Å²) in [6.45, 7) is 1.33. The third kappa shape index (κ3) is 2.28. The lowest BCUT2D eigenvalue weighted by atomic mass is 10.1. The Morgan fingerprint density at radius 3 is 2.86 bits per heavy atom. The summed E-state index contributed by atoms with van der Waals surface area (Å²) in [5.74, 6) is 0.663. The van der Waals surface area contributed by atoms with E-state index in [1.165, 1.54) is 0 Å². The van der Waals surface area contributed by atoms with Gasteiger partial charge in [0.1, 0.15) is 0 Å². The third-order valence-electron chi connectivity index (χ3n) is 3.87. The summed E-state index contributed by atoms with van der Waals surface area (Å²) >= 11 is 0. The first-order valence-electron chi connectivity index (χ1n) is 7.19. The quantitative estimate of drug-likeness (QED) is 0.773. The number of carbonyl (C=O) groups excluding carboxylic acids is 1. The van der Waals surface area contributed by atoms with Gasteiger partial charge in [0.2, 0.25) is 5.95 Å². The molecule has 2 aromatic heterocycles. The van der Waals surface area contributed by atoms with E-state index in [9.17, 15) is 4.79 Å². The Kier molecular flexibility index (Phi) is 3.00. The molecule has 1 aliphatic rings. The first kappa shape index (κ1) is 12.8. The maximum absolute atomic E-state index is 12.4. The molecule has 1 aromatic carbocycles. The Hall–Kier alpha value is -2.89. The molecule has 6 heteroatoms. The number of carbonyl (C=O) groups is 1. The van der Waals surface area contributed by atoms with Crippen LogP contribution in [0.2, 0.25) is 0 Å². The van der Waals surface area contributed by atoms with Crippen molar-refractivity contribution in [3.8, 4) is 0 Å². The fourth-order valence-corrected chi connectivity index (χ4v) is 2.66. The number of rotatable bonds is 3. The van der Waals surface area contributed by atoms with Gasteiger partial charge in [0.25, 0.3) is 5.91 Å². The van der Waals surface area contributed by atoms with Crippen LogP contribution in [0, 0.1) is 0 Å². The SMILES string of the molecule is O=C(c1ccc2cc[nH]c2c1)N1CC(Nc2ncccn2)C1. The molecule has 4 rings (SSSR count). The molecular formula is C16H15N5O. The summed E-state index contributed by atoms with van der Waals surface area (Å²) < 4.78 is 0. The topological polar surface area (TPSA) is 73.9 Å². The van der Waals surface area contributed by atoms with Crippen molar-refractivity contribution in [2.75, 3.05) is 18.4 Å². The highest BCUT2D eigenvalue weighted by Gasteiger charge is 2.31. The highest BCUT2D eigenvalue weighted by Crippen LogP contribution is 2.19. The molecule has 0 atom stereocenters. The predicted molar refractivity (Wildman–Crippen MR) is 83.6 cm³/mol. The summed E-state index contributed by atoms with van der Waals surface area (Å²) in [6.07, 6.45) is 5.27. The molecule has 0 spiro atoms. The number of H-pyrrole nitrogens is 1. The standard InChI is InChI=1S/C16H15N5O/c22-15(12-3-2-11-4-7-17-14(11)8-12)21-9-13(10-21)20-16-18-5-1-6-19-16/h1-8,13,17H,9-10H2,(H,18,19,20). The van der Waals surface area contributed by atoms with E-state index >= 15 is 0 Å². The van der Waals surface area contributed by atoms with Gasteiger partial charge in [0.15, 0.2) is 0 Å². The van der Waals surface area contributed by atoms with Crippen molar-refractivity contribution in [2.45, 2.75) is 6.04 Å². The van der Waals surface area contributed by atoms with Crippen molar-refractivity contribution in [2.24, 2.45) is 0 Å². The number of fused-ring (bicyclic) bond motifs is 1. The van der Waals surface area contributed by atoms with Crippen molar-refractivity contribution >= 4 is 22.8 Å². The minimum Gasteiger partial charge on any atom is -0.361 e. The average Bonchev–Trinajstić information content (AvgIpc) is 2.98. The van der Waals surface area contributed by atoms with Crippen molar-refractivity contribution in [3.05, 3.63) is 54.5 Å². The van der Waals surface area contributed by atoms with Crippen molar-refractivity contribution in [1.82, 2.24) is 19.9 Å². The van der Waals surface area contributed by atoms with Gasteiger partial charge in [-0.25, -0.2) is 9.97 Å². The van der Waals surface area contributed by atoms with Gasteiger partial charge in [0.05, 0.1) is 6.04 Å². The monoisotopic (exact) mass is 293 g/mol. The minimum absolute atomic E-state index is 0.0588. The lowest BCUT2D eigenvalue weighted by Crippen LogP contribution is -2.57. The molecule has 0 radical (unpaired) electrons. The summed E-state index contributed by atoms with van der Waals surface area (Å²) in [7, 11) is 0. The Morgan fingerprint density at radius 2 is 2.05 bits per heavy atom. The molecule has 1 amide bonds. The molecule has 22 heavy (non-hydrogen) atoms. The molecule has 0 bridgehead atoms. The number of nitrogens with zero attached hydrogens (tertiary/aromatic N) is 3. The lowest BCUT2D eigenvalue weighted by molar-refractivity contribution is 0.0624. The second-order valence-electron chi connectivity index (χ2n) is 5.40. The number of likely N-dealkylation sites (tertiary alicyclic amines) is 1. The van der Waals surface area contributed by atoms with Gasteiger partial charge in [0, 0.05) is 42.8 Å². The Labute approximate surface area is 127 Å². The fourth-order valence-electron chi connectivity index (χ4n) is 2.66. The number of nitrogens with one attached hydrogen (secondary N) is 2. The van der Waals surface area contributed by atoms with Crippen LogP contribution < -0.4 is 5.32 Å². The van der Waals surface area contributed by atoms with Gasteiger partial charge in [-0.15, -0.1) is 0 Å². The third-order valence-corrected chi connectivity index (χ3v) is 3.87. The maximum Gasteiger partial charge on any atom is 0.254 e. The van der Waals surface area contributed by atoms with Crippen LogP contribution in [0.1, 0.15) is 10.4 Å². The maximum atomic E-state index is 12.4. The van der Waals surface area contributed by atoms with Crippen molar-refractivity contribution in [1.29, 1.82) is 0 Å². The zero-order valence-corrected chi connectivity index (χ0v) is 11.9. The predicted octanol–water partition coefficient (Wildman–Crippen LogP) is 1.89. The van der Waals surface area contributed by atoms with Crippen LogP contribution in [0.15, 0.2) is 48.9 Å². The summed E-state index contributed by atoms with van der Waals surface area (Å²) in [4.78, 5) is 25.7. The van der Waals surface area contributed by atoms with Gasteiger partial charge < -0.3 is 15.2 Å². The number of hydrogen-bond donors (Lipinski definition) is 2. The number of amides is 1. The molecule has 3 heterocycles. The number of anilines is 1. The Bertz CT molecular complexity index is 808. The molecule has 1 saturated heterocycles. The van der Waals surface area contributed by atoms with Crippen LogP contribution in [0.3, 0.4) is 0 Å². The van der Waals surface area contributed by atoms with Gasteiger partial charge in [-0.2, -0.15) is 0 Å². The number of aromatic nitrogens is 3. The molecule has 6 nitrogen and oxygen atoms in total. The van der Waals surface area contributed by atoms with Gasteiger partial charge in [-0.05, 0) is 29.7 Å². The summed E-state index contributed by atoms with van der Waals surface area (Å²) in [5.41, 5.74) is 1.70. The van der Waals surface area contributed by atoms with Gasteiger partial charge in [-0.1, -0.05) is 6.07 Å². The van der Waals surface area contributed by atoms with Crippen LogP contribution >= 0.6 is 0 Å². The van der Waals surface area contributed by atoms with E-state index in [0.717, 1.165) is 10.9 Å². The van der Waals surface area contributed by atoms with E-state index in [4.69, 9.17) is 0 Å². The zero-order valence-electron chi connectivity index (χ0n) is 11.9. The molecule has 2 N–H and O–H groups in total. The highest BCUT2D eigenvalue weighted by molar-refractivity contribution is 5.98. The molecule has 1 aliphatic heterocycles. The Balaban J connectivity index is 1.40. The molecule has 3 aromatic rings. The van der Waals surface area contributed by atoms with Crippen LogP contribution in [0.5, 0.6) is 0 Å². The molecule has 1 fully saturated rings. The van der Waals surface area contributed by atoms with Crippen LogP contribution in [-0.4, -0.2) is 44.9 Å². The minimum atomic E-state index is 0.0588. The number of aromatic amines is 1. The molecule has 0 unspecified atom stereocenters. The normalized spacial score (nSPS) is 14.8.